The zero-order valence-corrected chi connectivity index (χ0v) is 17.9. The van der Waals surface area contributed by atoms with Gasteiger partial charge in [-0.3, -0.25) is 13.8 Å². The number of rotatable bonds is 11. The van der Waals surface area contributed by atoms with Crippen LogP contribution in [0.15, 0.2) is 84.9 Å². The van der Waals surface area contributed by atoms with E-state index in [4.69, 9.17) is 25.2 Å². The molecule has 3 rings (SSSR count). The van der Waals surface area contributed by atoms with E-state index in [-0.39, 0.29) is 19.6 Å². The summed E-state index contributed by atoms with van der Waals surface area (Å²) in [6, 6.07) is 25.7. The Kier molecular flexibility index (Phi) is 8.23. The monoisotopic (exact) mass is 444 g/mol. The summed E-state index contributed by atoms with van der Waals surface area (Å²) < 4.78 is 30.5. The van der Waals surface area contributed by atoms with Gasteiger partial charge in [0.05, 0.1) is 13.2 Å². The van der Waals surface area contributed by atoms with Crippen LogP contribution in [-0.2, 0) is 38.0 Å². The molecule has 0 aliphatic carbocycles. The van der Waals surface area contributed by atoms with Crippen molar-refractivity contribution in [1.82, 2.24) is 0 Å². The highest BCUT2D eigenvalue weighted by molar-refractivity contribution is 7.48. The minimum Gasteiger partial charge on any atom is -0.404 e. The third kappa shape index (κ3) is 7.12. The quantitative estimate of drug-likeness (QED) is 0.256. The van der Waals surface area contributed by atoms with Gasteiger partial charge >= 0.3 is 7.82 Å². The van der Waals surface area contributed by atoms with Gasteiger partial charge in [-0.25, -0.2) is 4.57 Å². The lowest BCUT2D eigenvalue weighted by molar-refractivity contribution is -0.111. The van der Waals surface area contributed by atoms with Crippen molar-refractivity contribution < 1.29 is 22.9 Å². The van der Waals surface area contributed by atoms with Crippen LogP contribution in [0.25, 0.3) is 0 Å². The van der Waals surface area contributed by atoms with Crippen molar-refractivity contribution >= 4 is 24.7 Å². The number of para-hydroxylation sites is 1. The molecule has 0 saturated carbocycles. The van der Waals surface area contributed by atoms with Crippen LogP contribution in [0.4, 0.5) is 0 Å². The highest BCUT2D eigenvalue weighted by Gasteiger charge is 2.30. The molecule has 7 heteroatoms. The molecule has 0 bridgehead atoms. The zero-order chi connectivity index (χ0) is 21.2. The molecule has 0 spiro atoms. The average molecular weight is 445 g/mol. The summed E-state index contributed by atoms with van der Waals surface area (Å²) in [5, 5.41) is -0.450. The van der Waals surface area contributed by atoms with Gasteiger partial charge in [0.1, 0.15) is 5.75 Å². The third-order valence-corrected chi connectivity index (χ3v) is 5.74. The minimum absolute atomic E-state index is 0.0647. The highest BCUT2D eigenvalue weighted by Crippen LogP contribution is 2.51. The number of carbonyl (C=O) groups is 1. The molecule has 5 nitrogen and oxygen atoms in total. The van der Waals surface area contributed by atoms with Crippen LogP contribution in [-0.4, -0.2) is 5.24 Å². The molecule has 0 aliphatic rings. The maximum absolute atomic E-state index is 13.5. The first-order chi connectivity index (χ1) is 14.5. The molecule has 0 atom stereocenters. The van der Waals surface area contributed by atoms with Crippen LogP contribution in [0.3, 0.4) is 0 Å². The highest BCUT2D eigenvalue weighted by atomic mass is 35.5. The molecule has 30 heavy (non-hydrogen) atoms. The second kappa shape index (κ2) is 11.1. The summed E-state index contributed by atoms with van der Waals surface area (Å²) in [6.07, 6.45) is 0.498. The summed E-state index contributed by atoms with van der Waals surface area (Å²) in [7, 11) is -3.96. The molecule has 0 heterocycles. The van der Waals surface area contributed by atoms with Crippen LogP contribution in [0.2, 0.25) is 0 Å². The second-order valence-electron chi connectivity index (χ2n) is 6.52. The Labute approximate surface area is 181 Å². The average Bonchev–Trinajstić information content (AvgIpc) is 2.77. The number of benzene rings is 3. The van der Waals surface area contributed by atoms with Gasteiger partial charge in [-0.15, -0.1) is 0 Å². The molecule has 0 saturated heterocycles. The first-order valence-electron chi connectivity index (χ1n) is 9.47. The van der Waals surface area contributed by atoms with Crippen LogP contribution < -0.4 is 4.52 Å². The van der Waals surface area contributed by atoms with Crippen molar-refractivity contribution in [2.75, 3.05) is 0 Å². The molecule has 0 unspecified atom stereocenters. The summed E-state index contributed by atoms with van der Waals surface area (Å²) >= 11 is 5.46. The van der Waals surface area contributed by atoms with E-state index in [0.29, 0.717) is 17.7 Å². The molecule has 0 amide bonds. The molecule has 0 fully saturated rings. The van der Waals surface area contributed by atoms with E-state index in [1.165, 1.54) is 0 Å². The van der Waals surface area contributed by atoms with Gasteiger partial charge in [0, 0.05) is 6.42 Å². The zero-order valence-electron chi connectivity index (χ0n) is 16.3. The van der Waals surface area contributed by atoms with E-state index < -0.39 is 13.1 Å². The van der Waals surface area contributed by atoms with Crippen LogP contribution >= 0.6 is 19.4 Å². The van der Waals surface area contributed by atoms with Crippen molar-refractivity contribution in [3.05, 3.63) is 102 Å². The number of hydrogen-bond acceptors (Lipinski definition) is 5. The van der Waals surface area contributed by atoms with Crippen LogP contribution in [0.1, 0.15) is 23.1 Å². The Hall–Kier alpha value is -2.43. The Balaban J connectivity index is 1.78. The van der Waals surface area contributed by atoms with Gasteiger partial charge in [0.15, 0.2) is 0 Å². The fourth-order valence-electron chi connectivity index (χ4n) is 2.70. The standard InChI is InChI=1S/C23H22ClO5P/c24-23(25)16-15-21-13-7-8-14-22(21)29-30(26,27-17-19-9-3-1-4-10-19)28-18-20-11-5-2-6-12-20/h1-14H,15-18H2. The number of phosphoric ester groups is 1. The van der Waals surface area contributed by atoms with Crippen molar-refractivity contribution in [3.8, 4) is 5.75 Å². The molecule has 0 aliphatic heterocycles. The van der Waals surface area contributed by atoms with Gasteiger partial charge in [0.2, 0.25) is 5.24 Å². The predicted molar refractivity (Wildman–Crippen MR) is 116 cm³/mol. The number of phosphoric acid groups is 1. The van der Waals surface area contributed by atoms with Crippen molar-refractivity contribution in [1.29, 1.82) is 0 Å². The lowest BCUT2D eigenvalue weighted by Crippen LogP contribution is -2.05. The number of carbonyl (C=O) groups excluding carboxylic acids is 1. The van der Waals surface area contributed by atoms with E-state index in [2.05, 4.69) is 0 Å². The fourth-order valence-corrected chi connectivity index (χ4v) is 4.01. The first-order valence-corrected chi connectivity index (χ1v) is 11.3. The van der Waals surface area contributed by atoms with Crippen LogP contribution in [0.5, 0.6) is 5.75 Å². The SMILES string of the molecule is O=C(Cl)CCc1ccccc1OP(=O)(OCc1ccccc1)OCc1ccccc1. The second-order valence-corrected chi connectivity index (χ2v) is 8.53. The van der Waals surface area contributed by atoms with Crippen LogP contribution in [0, 0.1) is 0 Å². The van der Waals surface area contributed by atoms with E-state index in [9.17, 15) is 9.36 Å². The fraction of sp³-hybridized carbons (Fsp3) is 0.174. The molecule has 156 valence electrons. The van der Waals surface area contributed by atoms with E-state index in [0.717, 1.165) is 11.1 Å². The Morgan fingerprint density at radius 3 is 1.80 bits per heavy atom. The molecular formula is C23H22ClO5P. The van der Waals surface area contributed by atoms with E-state index in [1.807, 2.05) is 66.7 Å². The minimum atomic E-state index is -3.96. The third-order valence-electron chi connectivity index (χ3n) is 4.24. The summed E-state index contributed by atoms with van der Waals surface area (Å²) in [5.74, 6) is 0.333. The maximum Gasteiger partial charge on any atom is 0.530 e. The largest absolute Gasteiger partial charge is 0.530 e. The van der Waals surface area contributed by atoms with Gasteiger partial charge in [-0.2, -0.15) is 0 Å². The van der Waals surface area contributed by atoms with E-state index in [1.54, 1.807) is 18.2 Å². The summed E-state index contributed by atoms with van der Waals surface area (Å²) in [5.41, 5.74) is 2.37. The smallest absolute Gasteiger partial charge is 0.404 e. The molecule has 0 N–H and O–H groups in total. The molecular weight excluding hydrogens is 423 g/mol. The maximum atomic E-state index is 13.5. The normalized spacial score (nSPS) is 11.2. The molecule has 3 aromatic carbocycles. The Bertz CT molecular complexity index is 947. The van der Waals surface area contributed by atoms with Gasteiger partial charge in [-0.1, -0.05) is 78.9 Å². The topological polar surface area (TPSA) is 61.8 Å². The summed E-state index contributed by atoms with van der Waals surface area (Å²) in [4.78, 5) is 11.2. The molecule has 0 aromatic heterocycles. The van der Waals surface area contributed by atoms with Crippen molar-refractivity contribution in [2.24, 2.45) is 0 Å². The van der Waals surface area contributed by atoms with Crippen molar-refractivity contribution in [3.63, 3.8) is 0 Å². The Morgan fingerprint density at radius 2 is 1.27 bits per heavy atom. The van der Waals surface area contributed by atoms with Crippen molar-refractivity contribution in [2.45, 2.75) is 26.1 Å². The van der Waals surface area contributed by atoms with Gasteiger partial charge in [-0.05, 0) is 40.8 Å². The van der Waals surface area contributed by atoms with Gasteiger partial charge in [0.25, 0.3) is 0 Å². The molecule has 0 radical (unpaired) electrons. The van der Waals surface area contributed by atoms with Gasteiger partial charge < -0.3 is 4.52 Å². The first kappa shape index (κ1) is 22.3. The van der Waals surface area contributed by atoms with E-state index >= 15 is 0 Å². The number of hydrogen-bond donors (Lipinski definition) is 0. The molecule has 3 aromatic rings. The summed E-state index contributed by atoms with van der Waals surface area (Å²) in [6.45, 7) is 0.129. The number of aryl methyl sites for hydroxylation is 1. The lowest BCUT2D eigenvalue weighted by atomic mass is 10.1. The predicted octanol–water partition coefficient (Wildman–Crippen LogP) is 6.31. The Morgan fingerprint density at radius 1 is 0.767 bits per heavy atom. The number of halogens is 1. The lowest BCUT2D eigenvalue weighted by Gasteiger charge is -2.20.